The van der Waals surface area contributed by atoms with Crippen LogP contribution in [0, 0.1) is 6.92 Å². The minimum Gasteiger partial charge on any atom is -0.496 e. The number of anilines is 1. The summed E-state index contributed by atoms with van der Waals surface area (Å²) in [5, 5.41) is 6.08. The topological polar surface area (TPSA) is 85.2 Å². The fourth-order valence-corrected chi connectivity index (χ4v) is 3.26. The maximum atomic E-state index is 13.1. The number of hydrogen-bond donors (Lipinski definition) is 2. The van der Waals surface area contributed by atoms with Crippen LogP contribution in [0.5, 0.6) is 5.75 Å². The van der Waals surface area contributed by atoms with Crippen molar-refractivity contribution in [3.05, 3.63) is 81.9 Å². The van der Waals surface area contributed by atoms with Crippen LogP contribution in [0.4, 0.5) is 5.82 Å². The van der Waals surface area contributed by atoms with E-state index in [1.165, 1.54) is 4.57 Å². The zero-order valence-corrected chi connectivity index (χ0v) is 17.0. The molecule has 154 valence electrons. The van der Waals surface area contributed by atoms with Crippen molar-refractivity contribution in [2.75, 3.05) is 12.4 Å². The zero-order valence-electron chi connectivity index (χ0n) is 17.0. The summed E-state index contributed by atoms with van der Waals surface area (Å²) in [4.78, 5) is 29.7. The fraction of sp³-hybridized carbons (Fsp3) is 0.261. The normalized spacial score (nSPS) is 13.0. The van der Waals surface area contributed by atoms with Gasteiger partial charge >= 0.3 is 0 Å². The molecule has 1 aromatic heterocycles. The second-order valence-corrected chi connectivity index (χ2v) is 7.37. The van der Waals surface area contributed by atoms with Crippen molar-refractivity contribution in [3.63, 3.8) is 0 Å². The highest BCUT2D eigenvalue weighted by molar-refractivity contribution is 5.95. The standard InChI is InChI=1S/C23H24N4O3/c1-15-7-8-16(22(28)26-18-9-10-18)13-19(15)27-12-11-24-21(23(27)29)25-14-17-5-3-4-6-20(17)30-2/h3-8,11-13,18H,9-10,14H2,1-2H3,(H,24,25)(H,26,28). The van der Waals surface area contributed by atoms with Crippen molar-refractivity contribution in [2.24, 2.45) is 0 Å². The number of methoxy groups -OCH3 is 1. The van der Waals surface area contributed by atoms with E-state index in [-0.39, 0.29) is 23.3 Å². The average Bonchev–Trinajstić information content (AvgIpc) is 3.57. The number of ether oxygens (including phenoxy) is 1. The highest BCUT2D eigenvalue weighted by Gasteiger charge is 2.24. The molecule has 7 heteroatoms. The third-order valence-electron chi connectivity index (χ3n) is 5.12. The van der Waals surface area contributed by atoms with E-state index in [1.54, 1.807) is 31.6 Å². The van der Waals surface area contributed by atoms with Crippen molar-refractivity contribution < 1.29 is 9.53 Å². The summed E-state index contributed by atoms with van der Waals surface area (Å²) in [7, 11) is 1.61. The van der Waals surface area contributed by atoms with Crippen LogP contribution in [0.25, 0.3) is 5.69 Å². The maximum Gasteiger partial charge on any atom is 0.297 e. The summed E-state index contributed by atoms with van der Waals surface area (Å²) in [5.74, 6) is 0.859. The molecule has 1 amide bonds. The fourth-order valence-electron chi connectivity index (χ4n) is 3.26. The minimum absolute atomic E-state index is 0.115. The van der Waals surface area contributed by atoms with Gasteiger partial charge in [-0.3, -0.25) is 14.2 Å². The number of amides is 1. The van der Waals surface area contributed by atoms with Crippen LogP contribution >= 0.6 is 0 Å². The lowest BCUT2D eigenvalue weighted by atomic mass is 10.1. The van der Waals surface area contributed by atoms with Crippen molar-refractivity contribution in [1.29, 1.82) is 0 Å². The van der Waals surface area contributed by atoms with Crippen LogP contribution in [-0.2, 0) is 6.54 Å². The van der Waals surface area contributed by atoms with Gasteiger partial charge in [0, 0.05) is 36.1 Å². The minimum atomic E-state index is -0.282. The number of hydrogen-bond acceptors (Lipinski definition) is 5. The summed E-state index contributed by atoms with van der Waals surface area (Å²) in [6.07, 6.45) is 5.23. The second kappa shape index (κ2) is 8.41. The average molecular weight is 404 g/mol. The monoisotopic (exact) mass is 404 g/mol. The van der Waals surface area contributed by atoms with E-state index in [9.17, 15) is 9.59 Å². The van der Waals surface area contributed by atoms with Crippen molar-refractivity contribution in [2.45, 2.75) is 32.4 Å². The number of rotatable bonds is 7. The number of aromatic nitrogens is 2. The summed E-state index contributed by atoms with van der Waals surface area (Å²) in [6, 6.07) is 13.3. The van der Waals surface area contributed by atoms with E-state index in [0.717, 1.165) is 29.7 Å². The molecule has 0 unspecified atom stereocenters. The largest absolute Gasteiger partial charge is 0.496 e. The first-order valence-electron chi connectivity index (χ1n) is 9.92. The molecule has 0 bridgehead atoms. The van der Waals surface area contributed by atoms with Crippen LogP contribution in [0.1, 0.15) is 34.3 Å². The molecule has 1 heterocycles. The molecule has 3 aromatic rings. The van der Waals surface area contributed by atoms with Crippen molar-refractivity contribution >= 4 is 11.7 Å². The van der Waals surface area contributed by atoms with Gasteiger partial charge in [0.15, 0.2) is 5.82 Å². The van der Waals surface area contributed by atoms with Gasteiger partial charge in [-0.05, 0) is 43.5 Å². The lowest BCUT2D eigenvalue weighted by Crippen LogP contribution is -2.26. The Labute approximate surface area is 174 Å². The van der Waals surface area contributed by atoms with Crippen LogP contribution in [0.15, 0.2) is 59.7 Å². The van der Waals surface area contributed by atoms with E-state index in [1.807, 2.05) is 37.3 Å². The van der Waals surface area contributed by atoms with Gasteiger partial charge in [0.05, 0.1) is 12.8 Å². The SMILES string of the molecule is COc1ccccc1CNc1nccn(-c2cc(C(=O)NC3CC3)ccc2C)c1=O. The van der Waals surface area contributed by atoms with Gasteiger partial charge in [-0.1, -0.05) is 24.3 Å². The molecule has 0 radical (unpaired) electrons. The van der Waals surface area contributed by atoms with Gasteiger partial charge < -0.3 is 15.4 Å². The molecule has 30 heavy (non-hydrogen) atoms. The number of para-hydroxylation sites is 1. The Bertz CT molecular complexity index is 1140. The summed E-state index contributed by atoms with van der Waals surface area (Å²) >= 11 is 0. The van der Waals surface area contributed by atoms with E-state index < -0.39 is 0 Å². The maximum absolute atomic E-state index is 13.1. The zero-order chi connectivity index (χ0) is 21.1. The van der Waals surface area contributed by atoms with Gasteiger partial charge in [0.1, 0.15) is 5.75 Å². The first-order valence-corrected chi connectivity index (χ1v) is 9.92. The highest BCUT2D eigenvalue weighted by Crippen LogP contribution is 2.21. The van der Waals surface area contributed by atoms with Crippen LogP contribution < -0.4 is 20.9 Å². The highest BCUT2D eigenvalue weighted by atomic mass is 16.5. The lowest BCUT2D eigenvalue weighted by Gasteiger charge is -2.14. The number of nitrogens with one attached hydrogen (secondary N) is 2. The summed E-state index contributed by atoms with van der Waals surface area (Å²) in [5.41, 5.74) is 2.73. The number of carbonyl (C=O) groups is 1. The van der Waals surface area contributed by atoms with Gasteiger partial charge in [0.25, 0.3) is 11.5 Å². The Morgan fingerprint density at radius 1 is 1.23 bits per heavy atom. The molecule has 2 aromatic carbocycles. The summed E-state index contributed by atoms with van der Waals surface area (Å²) in [6.45, 7) is 2.31. The molecule has 0 spiro atoms. The molecule has 1 aliphatic carbocycles. The Kier molecular flexibility index (Phi) is 5.52. The molecule has 0 aliphatic heterocycles. The number of benzene rings is 2. The Morgan fingerprint density at radius 2 is 2.03 bits per heavy atom. The molecular formula is C23H24N4O3. The Balaban J connectivity index is 1.61. The molecule has 7 nitrogen and oxygen atoms in total. The third kappa shape index (κ3) is 4.20. The van der Waals surface area contributed by atoms with Gasteiger partial charge in [-0.25, -0.2) is 4.98 Å². The van der Waals surface area contributed by atoms with Gasteiger partial charge in [-0.2, -0.15) is 0 Å². The molecular weight excluding hydrogens is 380 g/mol. The molecule has 1 aliphatic rings. The molecule has 4 rings (SSSR count). The Morgan fingerprint density at radius 3 is 2.80 bits per heavy atom. The first-order chi connectivity index (χ1) is 14.6. The first kappa shape index (κ1) is 19.7. The van der Waals surface area contributed by atoms with Crippen LogP contribution in [0.3, 0.4) is 0 Å². The molecule has 0 atom stereocenters. The smallest absolute Gasteiger partial charge is 0.297 e. The van der Waals surface area contributed by atoms with E-state index >= 15 is 0 Å². The number of carbonyl (C=O) groups excluding carboxylic acids is 1. The van der Waals surface area contributed by atoms with Crippen molar-refractivity contribution in [1.82, 2.24) is 14.9 Å². The van der Waals surface area contributed by atoms with Crippen LogP contribution in [-0.4, -0.2) is 28.6 Å². The predicted molar refractivity (Wildman–Crippen MR) is 115 cm³/mol. The van der Waals surface area contributed by atoms with E-state index in [4.69, 9.17) is 4.74 Å². The molecule has 1 saturated carbocycles. The third-order valence-corrected chi connectivity index (χ3v) is 5.12. The molecule has 0 saturated heterocycles. The molecule has 1 fully saturated rings. The van der Waals surface area contributed by atoms with E-state index in [0.29, 0.717) is 17.8 Å². The Hall–Kier alpha value is -3.61. The van der Waals surface area contributed by atoms with Crippen molar-refractivity contribution in [3.8, 4) is 11.4 Å². The van der Waals surface area contributed by atoms with Gasteiger partial charge in [-0.15, -0.1) is 0 Å². The van der Waals surface area contributed by atoms with Gasteiger partial charge in [0.2, 0.25) is 0 Å². The number of nitrogens with zero attached hydrogens (tertiary/aromatic N) is 2. The predicted octanol–water partition coefficient (Wildman–Crippen LogP) is 3.05. The second-order valence-electron chi connectivity index (χ2n) is 7.37. The van der Waals surface area contributed by atoms with E-state index in [2.05, 4.69) is 15.6 Å². The lowest BCUT2D eigenvalue weighted by molar-refractivity contribution is 0.0951. The molecule has 2 N–H and O–H groups in total. The van der Waals surface area contributed by atoms with Crippen LogP contribution in [0.2, 0.25) is 0 Å². The number of aryl methyl sites for hydroxylation is 1. The quantitative estimate of drug-likeness (QED) is 0.632. The summed E-state index contributed by atoms with van der Waals surface area (Å²) < 4.78 is 6.87.